The molecule has 0 aliphatic heterocycles. The molecular formula is C26H32O2. The molecule has 28 heavy (non-hydrogen) atoms. The summed E-state index contributed by atoms with van der Waals surface area (Å²) in [5.74, 6) is 2.92. The number of phenols is 1. The molecular weight excluding hydrogens is 344 g/mol. The van der Waals surface area contributed by atoms with E-state index in [1.807, 2.05) is 12.1 Å². The number of hydrogen-bond acceptors (Lipinski definition) is 2. The van der Waals surface area contributed by atoms with Crippen LogP contribution in [-0.4, -0.2) is 16.3 Å². The van der Waals surface area contributed by atoms with Crippen molar-refractivity contribution in [2.45, 2.75) is 63.9 Å². The number of aromatic hydroxyl groups is 1. The SMILES string of the molecule is CC[C@H]1[C@H]2[C@H]3[C@H](CC[C@]2(C)C[C@H]1O)c1ccc(O)cc1C[C@H]3c1ccccc1. The third kappa shape index (κ3) is 2.64. The van der Waals surface area contributed by atoms with E-state index in [0.717, 1.165) is 19.3 Å². The Balaban J connectivity index is 1.67. The van der Waals surface area contributed by atoms with Gasteiger partial charge in [-0.15, -0.1) is 0 Å². The molecule has 0 spiro atoms. The van der Waals surface area contributed by atoms with Crippen molar-refractivity contribution in [2.75, 3.05) is 0 Å². The summed E-state index contributed by atoms with van der Waals surface area (Å²) in [4.78, 5) is 0. The van der Waals surface area contributed by atoms with Gasteiger partial charge in [0.25, 0.3) is 0 Å². The van der Waals surface area contributed by atoms with Crippen LogP contribution >= 0.6 is 0 Å². The fourth-order valence-corrected chi connectivity index (χ4v) is 7.43. The predicted octanol–water partition coefficient (Wildman–Crippen LogP) is 5.64. The predicted molar refractivity (Wildman–Crippen MR) is 112 cm³/mol. The third-order valence-corrected chi connectivity index (χ3v) is 8.47. The lowest BCUT2D eigenvalue weighted by Crippen LogP contribution is -2.45. The van der Waals surface area contributed by atoms with Gasteiger partial charge in [0.15, 0.2) is 0 Å². The molecule has 2 saturated carbocycles. The summed E-state index contributed by atoms with van der Waals surface area (Å²) in [6.45, 7) is 4.71. The van der Waals surface area contributed by atoms with Crippen LogP contribution in [0, 0.1) is 23.2 Å². The summed E-state index contributed by atoms with van der Waals surface area (Å²) >= 11 is 0. The fraction of sp³-hybridized carbons (Fsp3) is 0.538. The number of fused-ring (bicyclic) bond motifs is 5. The molecule has 0 unspecified atom stereocenters. The number of phenolic OH excluding ortho intramolecular Hbond substituents is 1. The maximum absolute atomic E-state index is 10.9. The highest BCUT2D eigenvalue weighted by molar-refractivity contribution is 5.43. The van der Waals surface area contributed by atoms with E-state index in [4.69, 9.17) is 0 Å². The summed E-state index contributed by atoms with van der Waals surface area (Å²) in [5, 5.41) is 21.0. The van der Waals surface area contributed by atoms with Gasteiger partial charge in [0.1, 0.15) is 5.75 Å². The van der Waals surface area contributed by atoms with E-state index in [1.54, 1.807) is 0 Å². The Morgan fingerprint density at radius 1 is 1.07 bits per heavy atom. The highest BCUT2D eigenvalue weighted by atomic mass is 16.3. The Labute approximate surface area is 168 Å². The summed E-state index contributed by atoms with van der Waals surface area (Å²) in [6.07, 6.45) is 5.26. The Kier molecular flexibility index (Phi) is 4.32. The van der Waals surface area contributed by atoms with Gasteiger partial charge in [0, 0.05) is 0 Å². The quantitative estimate of drug-likeness (QED) is 0.712. The molecule has 0 aromatic heterocycles. The van der Waals surface area contributed by atoms with Crippen LogP contribution in [0.1, 0.15) is 68.1 Å². The highest BCUT2D eigenvalue weighted by Crippen LogP contribution is 2.65. The maximum Gasteiger partial charge on any atom is 0.115 e. The first-order valence-corrected chi connectivity index (χ1v) is 11.1. The van der Waals surface area contributed by atoms with E-state index in [-0.39, 0.29) is 11.5 Å². The van der Waals surface area contributed by atoms with Gasteiger partial charge in [-0.05, 0) is 89.5 Å². The largest absolute Gasteiger partial charge is 0.508 e. The molecule has 148 valence electrons. The van der Waals surface area contributed by atoms with Crippen molar-refractivity contribution in [3.63, 3.8) is 0 Å². The molecule has 3 aliphatic rings. The van der Waals surface area contributed by atoms with Crippen molar-refractivity contribution in [3.05, 3.63) is 65.2 Å². The van der Waals surface area contributed by atoms with Crippen molar-refractivity contribution in [2.24, 2.45) is 23.2 Å². The zero-order chi connectivity index (χ0) is 19.5. The van der Waals surface area contributed by atoms with Crippen LogP contribution in [0.5, 0.6) is 5.75 Å². The van der Waals surface area contributed by atoms with Crippen molar-refractivity contribution in [1.29, 1.82) is 0 Å². The highest BCUT2D eigenvalue weighted by Gasteiger charge is 2.59. The van der Waals surface area contributed by atoms with Crippen LogP contribution in [0.4, 0.5) is 0 Å². The van der Waals surface area contributed by atoms with E-state index in [2.05, 4.69) is 50.2 Å². The van der Waals surface area contributed by atoms with Gasteiger partial charge in [-0.25, -0.2) is 0 Å². The van der Waals surface area contributed by atoms with Crippen molar-refractivity contribution >= 4 is 0 Å². The van der Waals surface area contributed by atoms with Gasteiger partial charge in [0.2, 0.25) is 0 Å². The molecule has 2 aromatic rings. The second-order valence-electron chi connectivity index (χ2n) is 9.85. The summed E-state index contributed by atoms with van der Waals surface area (Å²) in [5.41, 5.74) is 4.45. The lowest BCUT2D eigenvalue weighted by molar-refractivity contribution is 0.0167. The molecule has 0 heterocycles. The number of rotatable bonds is 2. The normalized spacial score (nSPS) is 39.1. The smallest absolute Gasteiger partial charge is 0.115 e. The van der Waals surface area contributed by atoms with Crippen molar-refractivity contribution in [3.8, 4) is 5.75 Å². The number of benzene rings is 2. The molecule has 5 rings (SSSR count). The summed E-state index contributed by atoms with van der Waals surface area (Å²) in [7, 11) is 0. The first kappa shape index (κ1) is 18.2. The molecule has 2 nitrogen and oxygen atoms in total. The Bertz CT molecular complexity index is 860. The Hall–Kier alpha value is -1.80. The lowest BCUT2D eigenvalue weighted by Gasteiger charge is -2.53. The standard InChI is InChI=1S/C26H32O2/c1-3-19-23(28)15-26(2)12-11-21-20-10-9-18(27)13-17(20)14-22(24(21)25(19)26)16-7-5-4-6-8-16/h4-10,13,19,21-25,27-28H,3,11-12,14-15H2,1-2H3/t19-,21-,22+,23-,24+,25+,26-/m1/s1. The summed E-state index contributed by atoms with van der Waals surface area (Å²) in [6, 6.07) is 17.0. The Morgan fingerprint density at radius 3 is 2.61 bits per heavy atom. The minimum absolute atomic E-state index is 0.156. The van der Waals surface area contributed by atoms with E-state index in [9.17, 15) is 10.2 Å². The monoisotopic (exact) mass is 376 g/mol. The van der Waals surface area contributed by atoms with Gasteiger partial charge in [0.05, 0.1) is 6.10 Å². The van der Waals surface area contributed by atoms with Gasteiger partial charge >= 0.3 is 0 Å². The van der Waals surface area contributed by atoms with Crippen LogP contribution in [0.15, 0.2) is 48.5 Å². The molecule has 2 fully saturated rings. The van der Waals surface area contributed by atoms with Gasteiger partial charge < -0.3 is 10.2 Å². The Morgan fingerprint density at radius 2 is 1.86 bits per heavy atom. The minimum atomic E-state index is -0.156. The molecule has 2 aromatic carbocycles. The first-order chi connectivity index (χ1) is 13.5. The average molecular weight is 377 g/mol. The van der Waals surface area contributed by atoms with Gasteiger partial charge in [-0.3, -0.25) is 0 Å². The van der Waals surface area contributed by atoms with E-state index >= 15 is 0 Å². The number of hydrogen-bond donors (Lipinski definition) is 2. The minimum Gasteiger partial charge on any atom is -0.508 e. The lowest BCUT2D eigenvalue weighted by atomic mass is 9.50. The maximum atomic E-state index is 10.9. The molecule has 3 aliphatic carbocycles. The second-order valence-corrected chi connectivity index (χ2v) is 9.85. The van der Waals surface area contributed by atoms with Crippen LogP contribution < -0.4 is 0 Å². The first-order valence-electron chi connectivity index (χ1n) is 11.1. The fourth-order valence-electron chi connectivity index (χ4n) is 7.43. The average Bonchev–Trinajstić information content (AvgIpc) is 2.96. The molecule has 0 amide bonds. The van der Waals surface area contributed by atoms with Crippen molar-refractivity contribution in [1.82, 2.24) is 0 Å². The zero-order valence-electron chi connectivity index (χ0n) is 17.0. The van der Waals surface area contributed by atoms with Gasteiger partial charge in [-0.1, -0.05) is 56.7 Å². The van der Waals surface area contributed by atoms with E-state index in [1.165, 1.54) is 29.5 Å². The third-order valence-electron chi connectivity index (χ3n) is 8.47. The number of aliphatic hydroxyl groups excluding tert-OH is 1. The molecule has 0 bridgehead atoms. The van der Waals surface area contributed by atoms with Crippen LogP contribution in [-0.2, 0) is 6.42 Å². The van der Waals surface area contributed by atoms with Crippen LogP contribution in [0.2, 0.25) is 0 Å². The van der Waals surface area contributed by atoms with Crippen molar-refractivity contribution < 1.29 is 10.2 Å². The topological polar surface area (TPSA) is 40.5 Å². The van der Waals surface area contributed by atoms with Crippen LogP contribution in [0.3, 0.4) is 0 Å². The molecule has 7 atom stereocenters. The van der Waals surface area contributed by atoms with Gasteiger partial charge in [-0.2, -0.15) is 0 Å². The molecule has 0 radical (unpaired) electrons. The van der Waals surface area contributed by atoms with E-state index in [0.29, 0.717) is 35.3 Å². The molecule has 0 saturated heterocycles. The number of aliphatic hydroxyl groups is 1. The molecule has 2 heteroatoms. The van der Waals surface area contributed by atoms with Crippen LogP contribution in [0.25, 0.3) is 0 Å². The summed E-state index contributed by atoms with van der Waals surface area (Å²) < 4.78 is 0. The second kappa shape index (κ2) is 6.62. The zero-order valence-corrected chi connectivity index (χ0v) is 17.0. The molecule has 2 N–H and O–H groups in total. The van der Waals surface area contributed by atoms with E-state index < -0.39 is 0 Å².